The molecule has 1 saturated carbocycles. The molecule has 2 unspecified atom stereocenters. The van der Waals surface area contributed by atoms with Crippen LogP contribution in [0.4, 0.5) is 17.1 Å². The molecule has 0 aromatic heterocycles. The fraction of sp³-hybridized carbons (Fsp3) is 0.348. The van der Waals surface area contributed by atoms with Crippen LogP contribution in [0.3, 0.4) is 0 Å². The fourth-order valence-corrected chi connectivity index (χ4v) is 3.49. The highest BCUT2D eigenvalue weighted by molar-refractivity contribution is 6.03. The van der Waals surface area contributed by atoms with E-state index in [1.165, 1.54) is 0 Å². The monoisotopic (exact) mass is 390 g/mol. The van der Waals surface area contributed by atoms with Gasteiger partial charge < -0.3 is 15.5 Å². The molecular weight excluding hydrogens is 364 g/mol. The zero-order chi connectivity index (χ0) is 21.0. The van der Waals surface area contributed by atoms with Gasteiger partial charge in [0, 0.05) is 24.5 Å². The molecule has 6 heteroatoms. The van der Waals surface area contributed by atoms with Crippen molar-refractivity contribution >= 4 is 28.9 Å². The Hall–Kier alpha value is -3.33. The van der Waals surface area contributed by atoms with Crippen LogP contribution in [0.15, 0.2) is 42.5 Å². The molecule has 2 amide bonds. The molecule has 0 saturated heterocycles. The van der Waals surface area contributed by atoms with Crippen molar-refractivity contribution in [1.82, 2.24) is 0 Å². The first-order chi connectivity index (χ1) is 14.0. The molecule has 2 aromatic rings. The first-order valence-electron chi connectivity index (χ1n) is 9.94. The van der Waals surface area contributed by atoms with Gasteiger partial charge >= 0.3 is 0 Å². The van der Waals surface area contributed by atoms with Crippen LogP contribution in [0.1, 0.15) is 31.4 Å². The number of nitriles is 1. The molecule has 2 N–H and O–H groups in total. The SMILES string of the molecule is CCN(CC)c1ccc(NC(=O)C2CC2C(=O)Nc2ccccc2C#N)c(C)c1. The quantitative estimate of drug-likeness (QED) is 0.750. The predicted octanol–water partition coefficient (Wildman–Crippen LogP) is 3.93. The standard InChI is InChI=1S/C23H26N4O2/c1-4-27(5-2)17-10-11-20(15(3)12-17)25-22(28)18-13-19(18)23(29)26-21-9-7-6-8-16(21)14-24/h6-12,18-19H,4-5,13H2,1-3H3,(H,25,28)(H,26,29). The second-order valence-electron chi connectivity index (χ2n) is 7.26. The predicted molar refractivity (Wildman–Crippen MR) is 115 cm³/mol. The van der Waals surface area contributed by atoms with Crippen LogP contribution in [0.2, 0.25) is 0 Å². The molecule has 150 valence electrons. The van der Waals surface area contributed by atoms with Gasteiger partial charge in [-0.2, -0.15) is 5.26 Å². The second-order valence-corrected chi connectivity index (χ2v) is 7.26. The summed E-state index contributed by atoms with van der Waals surface area (Å²) in [4.78, 5) is 27.3. The number of nitrogens with one attached hydrogen (secondary N) is 2. The molecule has 1 aliphatic carbocycles. The lowest BCUT2D eigenvalue weighted by molar-refractivity contribution is -0.122. The zero-order valence-electron chi connectivity index (χ0n) is 17.0. The summed E-state index contributed by atoms with van der Waals surface area (Å²) >= 11 is 0. The molecule has 1 aliphatic rings. The average Bonchev–Trinajstić information content (AvgIpc) is 3.52. The van der Waals surface area contributed by atoms with E-state index in [9.17, 15) is 9.59 Å². The third-order valence-corrected chi connectivity index (χ3v) is 5.37. The van der Waals surface area contributed by atoms with Crippen LogP contribution in [0, 0.1) is 30.1 Å². The lowest BCUT2D eigenvalue weighted by Gasteiger charge is -2.22. The van der Waals surface area contributed by atoms with Crippen molar-refractivity contribution in [3.8, 4) is 6.07 Å². The Balaban J connectivity index is 1.60. The number of rotatable bonds is 7. The normalized spacial score (nSPS) is 17.2. The van der Waals surface area contributed by atoms with E-state index in [-0.39, 0.29) is 23.7 Å². The number of hydrogen-bond acceptors (Lipinski definition) is 4. The number of carbonyl (C=O) groups is 2. The Kier molecular flexibility index (Phi) is 6.18. The van der Waals surface area contributed by atoms with E-state index in [0.29, 0.717) is 17.7 Å². The minimum atomic E-state index is -0.364. The molecule has 0 radical (unpaired) electrons. The van der Waals surface area contributed by atoms with Gasteiger partial charge in [0.1, 0.15) is 6.07 Å². The van der Waals surface area contributed by atoms with Crippen molar-refractivity contribution in [3.05, 3.63) is 53.6 Å². The van der Waals surface area contributed by atoms with Gasteiger partial charge in [0.05, 0.1) is 23.1 Å². The van der Waals surface area contributed by atoms with E-state index in [0.717, 1.165) is 30.0 Å². The summed E-state index contributed by atoms with van der Waals surface area (Å²) in [7, 11) is 0. The van der Waals surface area contributed by atoms with E-state index in [1.54, 1.807) is 24.3 Å². The summed E-state index contributed by atoms with van der Waals surface area (Å²) in [6, 6.07) is 14.9. The van der Waals surface area contributed by atoms with E-state index < -0.39 is 0 Å². The summed E-state index contributed by atoms with van der Waals surface area (Å²) < 4.78 is 0. The molecule has 1 fully saturated rings. The summed E-state index contributed by atoms with van der Waals surface area (Å²) in [6.07, 6.45) is 0.517. The number of para-hydroxylation sites is 1. The number of nitrogens with zero attached hydrogens (tertiary/aromatic N) is 2. The molecule has 0 aliphatic heterocycles. The van der Waals surface area contributed by atoms with E-state index in [1.807, 2.05) is 19.1 Å². The van der Waals surface area contributed by atoms with Crippen molar-refractivity contribution in [1.29, 1.82) is 5.26 Å². The smallest absolute Gasteiger partial charge is 0.228 e. The maximum atomic E-state index is 12.6. The molecule has 29 heavy (non-hydrogen) atoms. The van der Waals surface area contributed by atoms with E-state index in [4.69, 9.17) is 5.26 Å². The maximum absolute atomic E-state index is 12.6. The van der Waals surface area contributed by atoms with Crippen molar-refractivity contribution in [2.24, 2.45) is 11.8 Å². The Labute approximate surface area is 171 Å². The van der Waals surface area contributed by atoms with Crippen molar-refractivity contribution < 1.29 is 9.59 Å². The number of anilines is 3. The second kappa shape index (κ2) is 8.78. The minimum Gasteiger partial charge on any atom is -0.372 e. The van der Waals surface area contributed by atoms with Crippen molar-refractivity contribution in [2.45, 2.75) is 27.2 Å². The van der Waals surface area contributed by atoms with Crippen LogP contribution in [0.5, 0.6) is 0 Å². The van der Waals surface area contributed by atoms with Gasteiger partial charge in [-0.05, 0) is 63.1 Å². The topological polar surface area (TPSA) is 85.2 Å². The van der Waals surface area contributed by atoms with Gasteiger partial charge in [0.15, 0.2) is 0 Å². The van der Waals surface area contributed by atoms with Gasteiger partial charge in [-0.1, -0.05) is 12.1 Å². The molecule has 6 nitrogen and oxygen atoms in total. The Morgan fingerprint density at radius 3 is 2.24 bits per heavy atom. The van der Waals surface area contributed by atoms with Crippen LogP contribution >= 0.6 is 0 Å². The average molecular weight is 390 g/mol. The highest BCUT2D eigenvalue weighted by atomic mass is 16.2. The summed E-state index contributed by atoms with van der Waals surface area (Å²) in [5.41, 5.74) is 3.78. The summed E-state index contributed by atoms with van der Waals surface area (Å²) in [6.45, 7) is 8.05. The molecule has 2 atom stereocenters. The van der Waals surface area contributed by atoms with Crippen LogP contribution in [-0.2, 0) is 9.59 Å². The lowest BCUT2D eigenvalue weighted by atomic mass is 10.1. The van der Waals surface area contributed by atoms with Gasteiger partial charge in [0.2, 0.25) is 11.8 Å². The van der Waals surface area contributed by atoms with Crippen LogP contribution in [-0.4, -0.2) is 24.9 Å². The largest absolute Gasteiger partial charge is 0.372 e. The van der Waals surface area contributed by atoms with E-state index in [2.05, 4.69) is 41.5 Å². The Bertz CT molecular complexity index is 960. The number of carbonyl (C=O) groups excluding carboxylic acids is 2. The highest BCUT2D eigenvalue weighted by Gasteiger charge is 2.48. The van der Waals surface area contributed by atoms with Crippen LogP contribution in [0.25, 0.3) is 0 Å². The summed E-state index contributed by atoms with van der Waals surface area (Å²) in [5, 5.41) is 14.9. The zero-order valence-corrected chi connectivity index (χ0v) is 17.0. The summed E-state index contributed by atoms with van der Waals surface area (Å²) in [5.74, 6) is -1.07. The third kappa shape index (κ3) is 4.57. The fourth-order valence-electron chi connectivity index (χ4n) is 3.49. The van der Waals surface area contributed by atoms with Crippen LogP contribution < -0.4 is 15.5 Å². The highest BCUT2D eigenvalue weighted by Crippen LogP contribution is 2.40. The van der Waals surface area contributed by atoms with Gasteiger partial charge in [0.25, 0.3) is 0 Å². The lowest BCUT2D eigenvalue weighted by Crippen LogP contribution is -2.22. The van der Waals surface area contributed by atoms with Crippen molar-refractivity contribution in [2.75, 3.05) is 28.6 Å². The molecule has 0 bridgehead atoms. The molecule has 0 heterocycles. The third-order valence-electron chi connectivity index (χ3n) is 5.37. The van der Waals surface area contributed by atoms with Gasteiger partial charge in [-0.3, -0.25) is 9.59 Å². The molecule has 0 spiro atoms. The first kappa shape index (κ1) is 20.4. The van der Waals surface area contributed by atoms with Gasteiger partial charge in [-0.25, -0.2) is 0 Å². The maximum Gasteiger partial charge on any atom is 0.228 e. The molecule has 3 rings (SSSR count). The Morgan fingerprint density at radius 1 is 1.03 bits per heavy atom. The number of benzene rings is 2. The van der Waals surface area contributed by atoms with E-state index >= 15 is 0 Å². The molecular formula is C23H26N4O2. The Morgan fingerprint density at radius 2 is 1.66 bits per heavy atom. The van der Waals surface area contributed by atoms with Crippen molar-refractivity contribution in [3.63, 3.8) is 0 Å². The number of amides is 2. The minimum absolute atomic E-state index is 0.141. The number of hydrogen-bond donors (Lipinski definition) is 2. The first-order valence-corrected chi connectivity index (χ1v) is 9.94. The number of aryl methyl sites for hydroxylation is 1. The molecule has 2 aromatic carbocycles. The van der Waals surface area contributed by atoms with Gasteiger partial charge in [-0.15, -0.1) is 0 Å².